The van der Waals surface area contributed by atoms with Gasteiger partial charge < -0.3 is 15.0 Å². The van der Waals surface area contributed by atoms with E-state index in [2.05, 4.69) is 5.32 Å². The molecule has 1 aliphatic rings. The van der Waals surface area contributed by atoms with E-state index in [0.29, 0.717) is 31.0 Å². The number of halogens is 1. The van der Waals surface area contributed by atoms with Crippen LogP contribution in [-0.2, 0) is 27.3 Å². The van der Waals surface area contributed by atoms with Crippen molar-refractivity contribution in [3.8, 4) is 0 Å². The van der Waals surface area contributed by atoms with Gasteiger partial charge in [-0.3, -0.25) is 9.59 Å². The number of carbonyl (C=O) groups is 2. The van der Waals surface area contributed by atoms with Crippen LogP contribution in [0.3, 0.4) is 0 Å². The van der Waals surface area contributed by atoms with Crippen molar-refractivity contribution in [2.24, 2.45) is 0 Å². The third-order valence-electron chi connectivity index (χ3n) is 5.53. The number of nitrogens with one attached hydrogen (secondary N) is 1. The molecule has 0 aromatic heterocycles. The van der Waals surface area contributed by atoms with E-state index >= 15 is 0 Å². The molecule has 31 heavy (non-hydrogen) atoms. The van der Waals surface area contributed by atoms with E-state index in [0.717, 1.165) is 37.0 Å². The van der Waals surface area contributed by atoms with Gasteiger partial charge in [0.15, 0.2) is 0 Å². The lowest BCUT2D eigenvalue weighted by atomic mass is 10.0. The van der Waals surface area contributed by atoms with Gasteiger partial charge in [0.25, 0.3) is 0 Å². The van der Waals surface area contributed by atoms with Gasteiger partial charge in [-0.05, 0) is 42.5 Å². The summed E-state index contributed by atoms with van der Waals surface area (Å²) in [5.74, 6) is -0.164. The summed E-state index contributed by atoms with van der Waals surface area (Å²) in [6.45, 7) is 3.55. The molecule has 0 bridgehead atoms. The van der Waals surface area contributed by atoms with E-state index in [-0.39, 0.29) is 17.9 Å². The summed E-state index contributed by atoms with van der Waals surface area (Å²) >= 11 is 6.03. The Bertz CT molecular complexity index is 836. The van der Waals surface area contributed by atoms with Crippen LogP contribution in [0.2, 0.25) is 5.02 Å². The highest BCUT2D eigenvalue weighted by Crippen LogP contribution is 2.18. The molecule has 2 aromatic carbocycles. The second-order valence-corrected chi connectivity index (χ2v) is 8.42. The first kappa shape index (κ1) is 23.3. The molecule has 2 aromatic rings. The molecule has 1 fully saturated rings. The highest BCUT2D eigenvalue weighted by atomic mass is 35.5. The first-order valence-electron chi connectivity index (χ1n) is 11.0. The Labute approximate surface area is 189 Å². The van der Waals surface area contributed by atoms with E-state index in [4.69, 9.17) is 16.3 Å². The van der Waals surface area contributed by atoms with Crippen LogP contribution >= 0.6 is 11.6 Å². The van der Waals surface area contributed by atoms with Gasteiger partial charge in [0, 0.05) is 37.6 Å². The van der Waals surface area contributed by atoms with Crippen LogP contribution in [0, 0.1) is 0 Å². The molecule has 1 heterocycles. The van der Waals surface area contributed by atoms with Crippen LogP contribution in [0.4, 0.5) is 0 Å². The van der Waals surface area contributed by atoms with E-state index in [1.807, 2.05) is 61.5 Å². The van der Waals surface area contributed by atoms with E-state index < -0.39 is 6.04 Å². The number of hydrogen-bond acceptors (Lipinski definition) is 3. The molecule has 2 atom stereocenters. The van der Waals surface area contributed by atoms with Crippen LogP contribution in [0.1, 0.15) is 43.7 Å². The van der Waals surface area contributed by atoms with Gasteiger partial charge in [-0.1, -0.05) is 61.0 Å². The summed E-state index contributed by atoms with van der Waals surface area (Å²) in [5, 5.41) is 3.68. The van der Waals surface area contributed by atoms with Gasteiger partial charge in [0.2, 0.25) is 11.8 Å². The van der Waals surface area contributed by atoms with Crippen molar-refractivity contribution < 1.29 is 14.3 Å². The van der Waals surface area contributed by atoms with Gasteiger partial charge in [0.05, 0.1) is 6.10 Å². The summed E-state index contributed by atoms with van der Waals surface area (Å²) in [6, 6.07) is 16.7. The van der Waals surface area contributed by atoms with Crippen LogP contribution < -0.4 is 5.32 Å². The summed E-state index contributed by atoms with van der Waals surface area (Å²) in [5.41, 5.74) is 1.96. The maximum atomic E-state index is 13.3. The summed E-state index contributed by atoms with van der Waals surface area (Å²) in [4.78, 5) is 28.1. The van der Waals surface area contributed by atoms with Crippen LogP contribution in [-0.4, -0.2) is 42.0 Å². The molecule has 0 radical (unpaired) electrons. The maximum absolute atomic E-state index is 13.3. The third-order valence-corrected chi connectivity index (χ3v) is 5.78. The molecule has 2 amide bonds. The van der Waals surface area contributed by atoms with Crippen LogP contribution in [0.25, 0.3) is 0 Å². The maximum Gasteiger partial charge on any atom is 0.243 e. The zero-order valence-corrected chi connectivity index (χ0v) is 18.8. The predicted molar refractivity (Wildman–Crippen MR) is 123 cm³/mol. The summed E-state index contributed by atoms with van der Waals surface area (Å²) < 4.78 is 5.65. The molecular weight excluding hydrogens is 412 g/mol. The molecule has 6 heteroatoms. The summed E-state index contributed by atoms with van der Waals surface area (Å²) in [7, 11) is 0. The number of carbonyl (C=O) groups excluding carboxylic acids is 2. The molecule has 0 spiro atoms. The number of amides is 2. The van der Waals surface area contributed by atoms with Crippen LogP contribution in [0.5, 0.6) is 0 Å². The smallest absolute Gasteiger partial charge is 0.243 e. The largest absolute Gasteiger partial charge is 0.376 e. The lowest BCUT2D eigenvalue weighted by Gasteiger charge is -2.32. The topological polar surface area (TPSA) is 58.6 Å². The highest BCUT2D eigenvalue weighted by molar-refractivity contribution is 6.30. The van der Waals surface area contributed by atoms with Gasteiger partial charge in [-0.25, -0.2) is 0 Å². The number of hydrogen-bond donors (Lipinski definition) is 1. The average Bonchev–Trinajstić information content (AvgIpc) is 3.30. The van der Waals surface area contributed by atoms with Crippen molar-refractivity contribution in [1.82, 2.24) is 10.2 Å². The Kier molecular flexibility index (Phi) is 8.92. The Balaban J connectivity index is 1.83. The fourth-order valence-corrected chi connectivity index (χ4v) is 3.96. The Morgan fingerprint density at radius 1 is 1.13 bits per heavy atom. The fraction of sp³-hybridized carbons (Fsp3) is 0.440. The first-order chi connectivity index (χ1) is 15.1. The van der Waals surface area contributed by atoms with Crippen molar-refractivity contribution in [1.29, 1.82) is 0 Å². The quantitative estimate of drug-likeness (QED) is 0.594. The second kappa shape index (κ2) is 11.9. The Morgan fingerprint density at radius 2 is 1.87 bits per heavy atom. The molecule has 0 saturated carbocycles. The van der Waals surface area contributed by atoms with Crippen molar-refractivity contribution in [3.05, 3.63) is 70.7 Å². The normalized spacial score (nSPS) is 16.6. The molecule has 1 saturated heterocycles. The molecule has 1 aliphatic heterocycles. The van der Waals surface area contributed by atoms with Gasteiger partial charge in [-0.2, -0.15) is 0 Å². The number of ether oxygens (including phenoxy) is 1. The first-order valence-corrected chi connectivity index (χ1v) is 11.4. The minimum Gasteiger partial charge on any atom is -0.376 e. The molecule has 3 rings (SSSR count). The highest BCUT2D eigenvalue weighted by Gasteiger charge is 2.30. The molecule has 1 N–H and O–H groups in total. The van der Waals surface area contributed by atoms with Crippen molar-refractivity contribution in [3.63, 3.8) is 0 Å². The van der Waals surface area contributed by atoms with Gasteiger partial charge in [-0.15, -0.1) is 0 Å². The van der Waals surface area contributed by atoms with Crippen molar-refractivity contribution in [2.75, 3.05) is 13.2 Å². The average molecular weight is 443 g/mol. The molecule has 5 nitrogen and oxygen atoms in total. The zero-order valence-electron chi connectivity index (χ0n) is 18.1. The minimum absolute atomic E-state index is 0.0225. The van der Waals surface area contributed by atoms with E-state index in [1.165, 1.54) is 0 Å². The Morgan fingerprint density at radius 3 is 2.52 bits per heavy atom. The molecular formula is C25H31ClN2O3. The van der Waals surface area contributed by atoms with Crippen LogP contribution in [0.15, 0.2) is 54.6 Å². The van der Waals surface area contributed by atoms with E-state index in [1.54, 1.807) is 4.90 Å². The molecule has 0 aliphatic carbocycles. The second-order valence-electron chi connectivity index (χ2n) is 7.98. The molecule has 166 valence electrons. The van der Waals surface area contributed by atoms with Crippen molar-refractivity contribution in [2.45, 2.75) is 57.7 Å². The zero-order chi connectivity index (χ0) is 22.1. The lowest BCUT2D eigenvalue weighted by molar-refractivity contribution is -0.141. The lowest BCUT2D eigenvalue weighted by Crippen LogP contribution is -2.51. The third kappa shape index (κ3) is 7.08. The Hall–Kier alpha value is -2.37. The SMILES string of the molecule is CCCC(=O)N(Cc1ccc(Cl)cc1)[C@H](Cc1ccccc1)C(=O)NC[C@@H]1CCCO1. The van der Waals surface area contributed by atoms with Gasteiger partial charge in [0.1, 0.15) is 6.04 Å². The fourth-order valence-electron chi connectivity index (χ4n) is 3.84. The monoisotopic (exact) mass is 442 g/mol. The van der Waals surface area contributed by atoms with Gasteiger partial charge >= 0.3 is 0 Å². The molecule has 0 unspecified atom stereocenters. The predicted octanol–water partition coefficient (Wildman–Crippen LogP) is 4.38. The number of nitrogens with zero attached hydrogens (tertiary/aromatic N) is 1. The standard InChI is InChI=1S/C25H31ClN2O3/c1-2-7-24(29)28(18-20-11-13-21(26)14-12-20)23(16-19-8-4-3-5-9-19)25(30)27-17-22-10-6-15-31-22/h3-5,8-9,11-14,22-23H,2,6-7,10,15-18H2,1H3,(H,27,30)/t22-,23+/m0/s1. The van der Waals surface area contributed by atoms with Crippen molar-refractivity contribution >= 4 is 23.4 Å². The van der Waals surface area contributed by atoms with E-state index in [9.17, 15) is 9.59 Å². The number of rotatable bonds is 10. The minimum atomic E-state index is -0.599. The number of benzene rings is 2. The summed E-state index contributed by atoms with van der Waals surface area (Å²) in [6.07, 6.45) is 3.61.